The van der Waals surface area contributed by atoms with Gasteiger partial charge in [0.1, 0.15) is 0 Å². The Bertz CT molecular complexity index is 944. The lowest BCUT2D eigenvalue weighted by Gasteiger charge is -2.45. The predicted octanol–water partition coefficient (Wildman–Crippen LogP) is 7.02. The summed E-state index contributed by atoms with van der Waals surface area (Å²) in [5.41, 5.74) is -0.906. The minimum atomic E-state index is -1.70. The van der Waals surface area contributed by atoms with Crippen LogP contribution in [0.3, 0.4) is 0 Å². The SMILES string of the molecule is C[Si](C)(Cl)Cl.OC(c1ccccc1)(c1ccccc1)C(O)(c1ccccc1)c1ccccc1. The molecule has 0 heterocycles. The third-order valence-electron chi connectivity index (χ3n) is 5.29. The van der Waals surface area contributed by atoms with Gasteiger partial charge in [0.15, 0.2) is 11.2 Å². The molecule has 0 radical (unpaired) electrons. The zero-order valence-electron chi connectivity index (χ0n) is 18.7. The summed E-state index contributed by atoms with van der Waals surface area (Å²) in [6.45, 7) is 2.05. The summed E-state index contributed by atoms with van der Waals surface area (Å²) >= 11 is 10.9. The first kappa shape index (κ1) is 25.2. The molecule has 0 spiro atoms. The summed E-state index contributed by atoms with van der Waals surface area (Å²) in [6, 6.07) is 37.4. The first-order valence-electron chi connectivity index (χ1n) is 10.7. The highest BCUT2D eigenvalue weighted by atomic mass is 35.7. The Morgan fingerprint density at radius 3 is 0.758 bits per heavy atom. The van der Waals surface area contributed by atoms with Gasteiger partial charge in [-0.3, -0.25) is 0 Å². The number of halogens is 2. The van der Waals surface area contributed by atoms with Crippen molar-refractivity contribution in [3.63, 3.8) is 0 Å². The molecule has 0 bridgehead atoms. The van der Waals surface area contributed by atoms with Gasteiger partial charge in [0, 0.05) is 0 Å². The van der Waals surface area contributed by atoms with Crippen molar-refractivity contribution in [1.82, 2.24) is 0 Å². The van der Waals surface area contributed by atoms with Gasteiger partial charge in [-0.2, -0.15) is 0 Å². The van der Waals surface area contributed by atoms with E-state index in [0.29, 0.717) is 22.3 Å². The number of hydrogen-bond donors (Lipinski definition) is 2. The molecule has 4 aromatic carbocycles. The average Bonchev–Trinajstić information content (AvgIpc) is 2.84. The van der Waals surface area contributed by atoms with E-state index in [1.165, 1.54) is 0 Å². The van der Waals surface area contributed by atoms with Crippen molar-refractivity contribution in [2.75, 3.05) is 0 Å². The van der Waals surface area contributed by atoms with Crippen molar-refractivity contribution < 1.29 is 10.2 Å². The maximum absolute atomic E-state index is 12.3. The van der Waals surface area contributed by atoms with Crippen molar-refractivity contribution >= 4 is 28.9 Å². The molecule has 0 aliphatic heterocycles. The molecule has 2 N–H and O–H groups in total. The van der Waals surface area contributed by atoms with Crippen molar-refractivity contribution in [1.29, 1.82) is 0 Å². The highest BCUT2D eigenvalue weighted by Crippen LogP contribution is 2.49. The second-order valence-corrected chi connectivity index (χ2v) is 17.1. The van der Waals surface area contributed by atoms with Crippen molar-refractivity contribution in [3.05, 3.63) is 144 Å². The summed E-state index contributed by atoms with van der Waals surface area (Å²) in [4.78, 5) is 0. The van der Waals surface area contributed by atoms with Gasteiger partial charge in [-0.05, 0) is 35.3 Å². The fourth-order valence-corrected chi connectivity index (χ4v) is 3.89. The molecule has 4 aromatic rings. The highest BCUT2D eigenvalue weighted by Gasteiger charge is 2.54. The molecule has 0 saturated carbocycles. The Balaban J connectivity index is 0.000000555. The summed E-state index contributed by atoms with van der Waals surface area (Å²) in [5.74, 6) is 0. The van der Waals surface area contributed by atoms with Crippen LogP contribution in [-0.2, 0) is 11.2 Å². The molecule has 0 aliphatic rings. The predicted molar refractivity (Wildman–Crippen MR) is 141 cm³/mol. The lowest BCUT2D eigenvalue weighted by molar-refractivity contribution is -0.113. The van der Waals surface area contributed by atoms with Crippen LogP contribution < -0.4 is 0 Å². The molecule has 33 heavy (non-hydrogen) atoms. The maximum Gasteiger partial charge on any atom is 0.245 e. The third kappa shape index (κ3) is 5.75. The van der Waals surface area contributed by atoms with E-state index >= 15 is 0 Å². The van der Waals surface area contributed by atoms with Crippen LogP contribution in [0.5, 0.6) is 0 Å². The zero-order valence-corrected chi connectivity index (χ0v) is 21.2. The van der Waals surface area contributed by atoms with E-state index in [2.05, 4.69) is 0 Å². The van der Waals surface area contributed by atoms with Crippen LogP contribution in [0.25, 0.3) is 0 Å². The maximum atomic E-state index is 12.3. The Kier molecular flexibility index (Phi) is 8.17. The van der Waals surface area contributed by atoms with Gasteiger partial charge in [0.2, 0.25) is 6.69 Å². The number of aliphatic hydroxyl groups is 2. The molecular formula is C28H28Cl2O2Si. The quantitative estimate of drug-likeness (QED) is 0.231. The Morgan fingerprint density at radius 2 is 0.606 bits per heavy atom. The summed E-state index contributed by atoms with van der Waals surface area (Å²) < 4.78 is 0. The molecule has 0 aromatic heterocycles. The summed E-state index contributed by atoms with van der Waals surface area (Å²) in [6.07, 6.45) is 0. The molecule has 0 amide bonds. The van der Waals surface area contributed by atoms with E-state index in [1.54, 1.807) is 0 Å². The topological polar surface area (TPSA) is 40.5 Å². The Labute approximate surface area is 206 Å². The normalized spacial score (nSPS) is 11.9. The minimum absolute atomic E-state index is 0.622. The van der Waals surface area contributed by atoms with E-state index in [4.69, 9.17) is 22.2 Å². The zero-order chi connectivity index (χ0) is 24.0. The largest absolute Gasteiger partial charge is 0.377 e. The van der Waals surface area contributed by atoms with E-state index in [1.807, 2.05) is 134 Å². The highest BCUT2D eigenvalue weighted by molar-refractivity contribution is 7.44. The number of benzene rings is 4. The standard InChI is InChI=1S/C26H22O2.C2H6Cl2Si/c27-25(21-13-5-1-6-14-21,22-15-7-2-8-16-22)26(28,23-17-9-3-10-18-23)24-19-11-4-12-20-24;1-5(2,3)4/h1-20,27-28H;1-2H3. The smallest absolute Gasteiger partial charge is 0.245 e. The molecule has 4 rings (SSSR count). The third-order valence-corrected chi connectivity index (χ3v) is 5.29. The van der Waals surface area contributed by atoms with E-state index in [9.17, 15) is 10.2 Å². The second kappa shape index (κ2) is 10.7. The van der Waals surface area contributed by atoms with Crippen LogP contribution in [0, 0.1) is 0 Å². The van der Waals surface area contributed by atoms with E-state index < -0.39 is 17.9 Å². The van der Waals surface area contributed by atoms with Crippen LogP contribution >= 0.6 is 22.2 Å². The van der Waals surface area contributed by atoms with Crippen molar-refractivity contribution in [3.8, 4) is 0 Å². The molecule has 0 aliphatic carbocycles. The van der Waals surface area contributed by atoms with Gasteiger partial charge in [-0.1, -0.05) is 121 Å². The molecule has 0 fully saturated rings. The van der Waals surface area contributed by atoms with Crippen molar-refractivity contribution in [2.24, 2.45) is 0 Å². The molecule has 0 atom stereocenters. The lowest BCUT2D eigenvalue weighted by atomic mass is 9.66. The minimum Gasteiger partial charge on any atom is -0.377 e. The van der Waals surface area contributed by atoms with Crippen LogP contribution in [0.1, 0.15) is 22.3 Å². The van der Waals surface area contributed by atoms with Crippen LogP contribution in [0.15, 0.2) is 121 Å². The number of rotatable bonds is 5. The van der Waals surface area contributed by atoms with Crippen LogP contribution in [-0.4, -0.2) is 16.9 Å². The molecule has 5 heteroatoms. The van der Waals surface area contributed by atoms with Gasteiger partial charge in [0.25, 0.3) is 0 Å². The van der Waals surface area contributed by atoms with Gasteiger partial charge in [0.05, 0.1) is 0 Å². The molecular weight excluding hydrogens is 467 g/mol. The van der Waals surface area contributed by atoms with Gasteiger partial charge >= 0.3 is 0 Å². The summed E-state index contributed by atoms with van der Waals surface area (Å²) in [5, 5.41) is 24.7. The molecule has 0 unspecified atom stereocenters. The van der Waals surface area contributed by atoms with Crippen LogP contribution in [0.4, 0.5) is 0 Å². The van der Waals surface area contributed by atoms with E-state index in [0.717, 1.165) is 0 Å². The van der Waals surface area contributed by atoms with Gasteiger partial charge in [-0.25, -0.2) is 0 Å². The van der Waals surface area contributed by atoms with Gasteiger partial charge < -0.3 is 10.2 Å². The molecule has 170 valence electrons. The first-order valence-corrected chi connectivity index (χ1v) is 15.7. The monoisotopic (exact) mass is 494 g/mol. The molecule has 2 nitrogen and oxygen atoms in total. The van der Waals surface area contributed by atoms with Crippen molar-refractivity contribution in [2.45, 2.75) is 24.3 Å². The fraction of sp³-hybridized carbons (Fsp3) is 0.143. The Morgan fingerprint density at radius 1 is 0.455 bits per heavy atom. The second-order valence-electron chi connectivity index (χ2n) is 8.21. The van der Waals surface area contributed by atoms with E-state index in [-0.39, 0.29) is 0 Å². The number of hydrogen-bond acceptors (Lipinski definition) is 2. The lowest BCUT2D eigenvalue weighted by Crippen LogP contribution is -2.51. The molecule has 0 saturated heterocycles. The fourth-order valence-electron chi connectivity index (χ4n) is 3.89. The average molecular weight is 496 g/mol. The Hall–Kier alpha value is -2.40. The van der Waals surface area contributed by atoms with Crippen LogP contribution in [0.2, 0.25) is 13.1 Å². The first-order chi connectivity index (χ1) is 15.7. The summed E-state index contributed by atoms with van der Waals surface area (Å²) in [7, 11) is 0. The van der Waals surface area contributed by atoms with Gasteiger partial charge in [-0.15, -0.1) is 22.2 Å².